The number of rotatable bonds is 5. The van der Waals surface area contributed by atoms with Crippen molar-refractivity contribution in [1.29, 1.82) is 0 Å². The molecule has 0 saturated carbocycles. The van der Waals surface area contributed by atoms with Crippen molar-refractivity contribution in [3.05, 3.63) is 11.6 Å². The lowest BCUT2D eigenvalue weighted by Crippen LogP contribution is -2.53. The first-order chi connectivity index (χ1) is 11.5. The Labute approximate surface area is 144 Å². The molecule has 2 atom stereocenters. The van der Waals surface area contributed by atoms with Gasteiger partial charge in [-0.15, -0.1) is 0 Å². The second-order valence-electron chi connectivity index (χ2n) is 6.91. The van der Waals surface area contributed by atoms with Gasteiger partial charge in [0, 0.05) is 32.5 Å². The Bertz CT molecular complexity index is 466. The highest BCUT2D eigenvalue weighted by atomic mass is 16.5. The molecular weight excluding hydrogens is 308 g/mol. The number of likely N-dealkylation sites (tertiary alicyclic amines) is 1. The van der Waals surface area contributed by atoms with Crippen molar-refractivity contribution in [2.24, 2.45) is 5.92 Å². The van der Waals surface area contributed by atoms with Gasteiger partial charge in [-0.3, -0.25) is 9.59 Å². The standard InChI is InChI=1S/C18H30N2O4/c1-13(2)6-11-24-17-7-10-23-12-16(17)19-18(22)15-4-8-20(9-5-15)14(3)21/h6,15-17H,4-5,7-12H2,1-3H3,(H,19,22)/t16-,17+/m1/s1. The Morgan fingerprint density at radius 1 is 1.21 bits per heavy atom. The second kappa shape index (κ2) is 9.18. The molecule has 0 unspecified atom stereocenters. The molecular formula is C18H30N2O4. The molecule has 2 saturated heterocycles. The van der Waals surface area contributed by atoms with Gasteiger partial charge in [-0.25, -0.2) is 0 Å². The van der Waals surface area contributed by atoms with Crippen LogP contribution < -0.4 is 5.32 Å². The predicted octanol–water partition coefficient (Wildman–Crippen LogP) is 1.50. The van der Waals surface area contributed by atoms with Crippen LogP contribution in [0.1, 0.15) is 40.0 Å². The largest absolute Gasteiger partial charge is 0.379 e. The summed E-state index contributed by atoms with van der Waals surface area (Å²) in [5.74, 6) is 0.118. The number of piperidine rings is 1. The second-order valence-corrected chi connectivity index (χ2v) is 6.91. The summed E-state index contributed by atoms with van der Waals surface area (Å²) in [6.45, 7) is 8.72. The lowest BCUT2D eigenvalue weighted by atomic mass is 9.95. The molecule has 2 amide bonds. The minimum Gasteiger partial charge on any atom is -0.379 e. The molecule has 24 heavy (non-hydrogen) atoms. The maximum atomic E-state index is 12.5. The lowest BCUT2D eigenvalue weighted by molar-refractivity contribution is -0.135. The van der Waals surface area contributed by atoms with Crippen molar-refractivity contribution in [2.75, 3.05) is 32.9 Å². The molecule has 0 aromatic carbocycles. The first kappa shape index (κ1) is 18.9. The maximum absolute atomic E-state index is 12.5. The minimum atomic E-state index is -0.0948. The molecule has 2 aliphatic heterocycles. The zero-order valence-electron chi connectivity index (χ0n) is 15.0. The highest BCUT2D eigenvalue weighted by Gasteiger charge is 2.32. The summed E-state index contributed by atoms with van der Waals surface area (Å²) in [6, 6.07) is -0.0948. The Balaban J connectivity index is 1.82. The van der Waals surface area contributed by atoms with Crippen LogP contribution in [0.5, 0.6) is 0 Å². The quantitative estimate of drug-likeness (QED) is 0.772. The van der Waals surface area contributed by atoms with Gasteiger partial charge in [-0.2, -0.15) is 0 Å². The summed E-state index contributed by atoms with van der Waals surface area (Å²) in [7, 11) is 0. The number of ether oxygens (including phenoxy) is 2. The molecule has 6 heteroatoms. The van der Waals surface area contributed by atoms with Gasteiger partial charge in [-0.1, -0.05) is 11.6 Å². The van der Waals surface area contributed by atoms with Crippen molar-refractivity contribution in [3.8, 4) is 0 Å². The van der Waals surface area contributed by atoms with Crippen molar-refractivity contribution in [2.45, 2.75) is 52.2 Å². The summed E-state index contributed by atoms with van der Waals surface area (Å²) in [4.78, 5) is 25.7. The van der Waals surface area contributed by atoms with Crippen LogP contribution in [0.15, 0.2) is 11.6 Å². The SMILES string of the molecule is CC(=O)N1CCC(C(=O)N[C@@H]2COCC[C@@H]2OCC=C(C)C)CC1. The molecule has 0 aliphatic carbocycles. The molecule has 6 nitrogen and oxygen atoms in total. The highest BCUT2D eigenvalue weighted by molar-refractivity contribution is 5.80. The molecule has 0 aromatic heterocycles. The van der Waals surface area contributed by atoms with Gasteiger partial charge in [0.2, 0.25) is 11.8 Å². The number of amides is 2. The maximum Gasteiger partial charge on any atom is 0.223 e. The summed E-state index contributed by atoms with van der Waals surface area (Å²) in [5.41, 5.74) is 1.22. The number of nitrogens with one attached hydrogen (secondary N) is 1. The fourth-order valence-corrected chi connectivity index (χ4v) is 3.15. The van der Waals surface area contributed by atoms with E-state index in [1.165, 1.54) is 5.57 Å². The van der Waals surface area contributed by atoms with Crippen molar-refractivity contribution >= 4 is 11.8 Å². The zero-order chi connectivity index (χ0) is 17.5. The van der Waals surface area contributed by atoms with Gasteiger partial charge < -0.3 is 19.7 Å². The number of hydrogen-bond acceptors (Lipinski definition) is 4. The number of nitrogens with zero attached hydrogens (tertiary/aromatic N) is 1. The van der Waals surface area contributed by atoms with Gasteiger partial charge in [0.15, 0.2) is 0 Å². The molecule has 2 fully saturated rings. The van der Waals surface area contributed by atoms with Crippen molar-refractivity contribution in [3.63, 3.8) is 0 Å². The van der Waals surface area contributed by atoms with Crippen LogP contribution in [-0.2, 0) is 19.1 Å². The van der Waals surface area contributed by atoms with Gasteiger partial charge in [0.05, 0.1) is 25.4 Å². The highest BCUT2D eigenvalue weighted by Crippen LogP contribution is 2.19. The first-order valence-corrected chi connectivity index (χ1v) is 8.86. The topological polar surface area (TPSA) is 67.9 Å². The van der Waals surface area contributed by atoms with Gasteiger partial charge in [0.25, 0.3) is 0 Å². The Kier molecular flexibility index (Phi) is 7.24. The Hall–Kier alpha value is -1.40. The van der Waals surface area contributed by atoms with E-state index in [0.29, 0.717) is 32.9 Å². The third kappa shape index (κ3) is 5.60. The van der Waals surface area contributed by atoms with Crippen LogP contribution in [-0.4, -0.2) is 61.8 Å². The molecule has 136 valence electrons. The smallest absolute Gasteiger partial charge is 0.223 e. The molecule has 2 heterocycles. The van der Waals surface area contributed by atoms with E-state index in [2.05, 4.69) is 5.32 Å². The third-order valence-corrected chi connectivity index (χ3v) is 4.73. The van der Waals surface area contributed by atoms with E-state index in [-0.39, 0.29) is 29.9 Å². The average Bonchev–Trinajstić information content (AvgIpc) is 2.56. The van der Waals surface area contributed by atoms with Gasteiger partial charge in [-0.05, 0) is 33.1 Å². The third-order valence-electron chi connectivity index (χ3n) is 4.73. The molecule has 0 bridgehead atoms. The van der Waals surface area contributed by atoms with Crippen LogP contribution in [0, 0.1) is 5.92 Å². The normalized spacial score (nSPS) is 25.2. The monoisotopic (exact) mass is 338 g/mol. The van der Waals surface area contributed by atoms with Crippen LogP contribution >= 0.6 is 0 Å². The summed E-state index contributed by atoms with van der Waals surface area (Å²) >= 11 is 0. The number of hydrogen-bond donors (Lipinski definition) is 1. The van der Waals surface area contributed by atoms with Crippen LogP contribution in [0.4, 0.5) is 0 Å². The van der Waals surface area contributed by atoms with Crippen LogP contribution in [0.2, 0.25) is 0 Å². The van der Waals surface area contributed by atoms with E-state index in [1.54, 1.807) is 11.8 Å². The number of carbonyl (C=O) groups excluding carboxylic acids is 2. The van der Waals surface area contributed by atoms with E-state index >= 15 is 0 Å². The first-order valence-electron chi connectivity index (χ1n) is 8.86. The van der Waals surface area contributed by atoms with Crippen LogP contribution in [0.3, 0.4) is 0 Å². The molecule has 0 aromatic rings. The molecule has 0 spiro atoms. The molecule has 0 radical (unpaired) electrons. The molecule has 1 N–H and O–H groups in total. The van der Waals surface area contributed by atoms with Crippen molar-refractivity contribution in [1.82, 2.24) is 10.2 Å². The van der Waals surface area contributed by atoms with E-state index in [1.807, 2.05) is 19.9 Å². The van der Waals surface area contributed by atoms with Crippen LogP contribution in [0.25, 0.3) is 0 Å². The predicted molar refractivity (Wildman–Crippen MR) is 91.5 cm³/mol. The molecule has 2 aliphatic rings. The van der Waals surface area contributed by atoms with Gasteiger partial charge in [0.1, 0.15) is 0 Å². The number of allylic oxidation sites excluding steroid dienone is 1. The fraction of sp³-hybridized carbons (Fsp3) is 0.778. The summed E-state index contributed by atoms with van der Waals surface area (Å²) < 4.78 is 11.4. The summed E-state index contributed by atoms with van der Waals surface area (Å²) in [6.07, 6.45) is 4.29. The lowest BCUT2D eigenvalue weighted by Gasteiger charge is -2.35. The van der Waals surface area contributed by atoms with E-state index in [9.17, 15) is 9.59 Å². The zero-order valence-corrected chi connectivity index (χ0v) is 15.0. The van der Waals surface area contributed by atoms with Gasteiger partial charge >= 0.3 is 0 Å². The average molecular weight is 338 g/mol. The van der Waals surface area contributed by atoms with E-state index in [4.69, 9.17) is 9.47 Å². The Morgan fingerprint density at radius 2 is 1.92 bits per heavy atom. The summed E-state index contributed by atoms with van der Waals surface area (Å²) in [5, 5.41) is 3.11. The fourth-order valence-electron chi connectivity index (χ4n) is 3.15. The van der Waals surface area contributed by atoms with E-state index in [0.717, 1.165) is 19.3 Å². The van der Waals surface area contributed by atoms with Crippen molar-refractivity contribution < 1.29 is 19.1 Å². The number of carbonyl (C=O) groups is 2. The molecule has 2 rings (SSSR count). The van der Waals surface area contributed by atoms with E-state index < -0.39 is 0 Å². The minimum absolute atomic E-state index is 0.00407. The Morgan fingerprint density at radius 3 is 2.54 bits per heavy atom.